The Balaban J connectivity index is 1.52. The van der Waals surface area contributed by atoms with Crippen LogP contribution in [0.3, 0.4) is 0 Å². The van der Waals surface area contributed by atoms with E-state index in [1.54, 1.807) is 6.07 Å². The maximum atomic E-state index is 12.1. The molecule has 5 nitrogen and oxygen atoms in total. The number of carbonyl (C=O) groups is 1. The number of hydrogen-bond acceptors (Lipinski definition) is 3. The second kappa shape index (κ2) is 12.5. The fraction of sp³-hybridized carbons (Fsp3) is 0.486. The highest BCUT2D eigenvalue weighted by molar-refractivity contribution is 6.00. The first-order valence-corrected chi connectivity index (χ1v) is 16.3. The second-order valence-electron chi connectivity index (χ2n) is 12.8. The number of allylic oxidation sites excluding steroid dienone is 2. The van der Waals surface area contributed by atoms with Crippen molar-refractivity contribution in [1.29, 1.82) is 0 Å². The predicted octanol–water partition coefficient (Wildman–Crippen LogP) is 8.50. The molecule has 1 atom stereocenters. The molecule has 1 aliphatic carbocycles. The second-order valence-corrected chi connectivity index (χ2v) is 12.8. The number of carboxylic acid groups (broad SMARTS) is 1. The molecule has 1 saturated heterocycles. The molecule has 5 heteroatoms. The smallest absolute Gasteiger partial charge is 0.335 e. The van der Waals surface area contributed by atoms with Gasteiger partial charge in [0.2, 0.25) is 0 Å². The average Bonchev–Trinajstić information content (AvgIpc) is 3.24. The van der Waals surface area contributed by atoms with Crippen LogP contribution in [0.15, 0.2) is 49.1 Å². The number of likely N-dealkylation sites (tertiary alicyclic amines) is 1. The van der Waals surface area contributed by atoms with E-state index in [0.29, 0.717) is 11.5 Å². The molecular weight excluding hydrogens is 518 g/mol. The molecule has 1 N–H and O–H groups in total. The van der Waals surface area contributed by atoms with Gasteiger partial charge >= 0.3 is 5.97 Å². The fourth-order valence-corrected chi connectivity index (χ4v) is 8.02. The number of aromatic carboxylic acids is 1. The largest absolute Gasteiger partial charge is 0.478 e. The van der Waals surface area contributed by atoms with Crippen LogP contribution >= 0.6 is 0 Å². The third kappa shape index (κ3) is 5.44. The van der Waals surface area contributed by atoms with E-state index in [4.69, 9.17) is 0 Å². The van der Waals surface area contributed by atoms with Crippen LogP contribution in [0.25, 0.3) is 28.2 Å². The fourth-order valence-electron chi connectivity index (χ4n) is 8.02. The van der Waals surface area contributed by atoms with E-state index in [1.165, 1.54) is 103 Å². The molecule has 0 radical (unpaired) electrons. The zero-order valence-electron chi connectivity index (χ0n) is 25.6. The highest BCUT2D eigenvalue weighted by Crippen LogP contribution is 2.49. The molecule has 1 aromatic heterocycles. The van der Waals surface area contributed by atoms with Gasteiger partial charge in [-0.15, -0.1) is 0 Å². The van der Waals surface area contributed by atoms with Gasteiger partial charge in [0.15, 0.2) is 0 Å². The molecule has 1 unspecified atom stereocenters. The zero-order chi connectivity index (χ0) is 29.2. The third-order valence-corrected chi connectivity index (χ3v) is 10.2. The maximum Gasteiger partial charge on any atom is 0.335 e. The molecule has 42 heavy (non-hydrogen) atoms. The summed E-state index contributed by atoms with van der Waals surface area (Å²) in [6.45, 7) is 14.9. The van der Waals surface area contributed by atoms with Crippen molar-refractivity contribution < 1.29 is 9.90 Å². The van der Waals surface area contributed by atoms with Gasteiger partial charge in [0.1, 0.15) is 0 Å². The Morgan fingerprint density at radius 1 is 1.05 bits per heavy atom. The Morgan fingerprint density at radius 2 is 1.88 bits per heavy atom. The van der Waals surface area contributed by atoms with Gasteiger partial charge in [-0.25, -0.2) is 4.79 Å². The minimum Gasteiger partial charge on any atom is -0.478 e. The molecule has 2 aromatic carbocycles. The third-order valence-electron chi connectivity index (χ3n) is 10.2. The Hall–Kier alpha value is -3.31. The number of nitrogens with zero attached hydrogens (tertiary/aromatic N) is 3. The van der Waals surface area contributed by atoms with E-state index in [0.717, 1.165) is 37.6 Å². The summed E-state index contributed by atoms with van der Waals surface area (Å²) in [6.07, 6.45) is 16.3. The highest BCUT2D eigenvalue weighted by Gasteiger charge is 2.32. The van der Waals surface area contributed by atoms with E-state index in [-0.39, 0.29) is 0 Å². The summed E-state index contributed by atoms with van der Waals surface area (Å²) in [6, 6.07) is 10.5. The molecular formula is C37H47N3O2. The molecule has 222 valence electrons. The molecule has 1 saturated carbocycles. The lowest BCUT2D eigenvalue weighted by atomic mass is 9.81. The van der Waals surface area contributed by atoms with Crippen molar-refractivity contribution >= 4 is 28.6 Å². The van der Waals surface area contributed by atoms with Crippen molar-refractivity contribution in [2.75, 3.05) is 37.6 Å². The standard InChI is InChI=1S/C37H47N3O2/c1-4-6-14-30-26(3)15-17-32-35(30)39(21-19-27-11-10-20-38(5-2)25-27)22-23-40-33-24-29(37(41)42)16-18-31(33)34(36(32)40)28-12-8-7-9-13-28/h4,6,14-18,24,27-28H,1,5,7-13,19-23,25H2,2-3H3,(H,41,42)/b14-6-. The van der Waals surface area contributed by atoms with Crippen LogP contribution in [-0.2, 0) is 6.54 Å². The SMILES string of the molecule is C=C/C=C\c1c(C)ccc2c1N(CCC1CCCN(CC)C1)CCn1c-2c(C2CCCCC2)c2ccc(C(=O)O)cc21. The Bertz CT molecular complexity index is 1490. The molecule has 0 amide bonds. The predicted molar refractivity (Wildman–Crippen MR) is 176 cm³/mol. The molecule has 2 aliphatic heterocycles. The summed E-state index contributed by atoms with van der Waals surface area (Å²) in [5.41, 5.74) is 9.42. The maximum absolute atomic E-state index is 12.1. The quantitative estimate of drug-likeness (QED) is 0.278. The number of piperidine rings is 1. The Morgan fingerprint density at radius 3 is 2.64 bits per heavy atom. The van der Waals surface area contributed by atoms with Crippen molar-refractivity contribution in [1.82, 2.24) is 9.47 Å². The van der Waals surface area contributed by atoms with Crippen molar-refractivity contribution in [3.8, 4) is 11.3 Å². The summed E-state index contributed by atoms with van der Waals surface area (Å²) < 4.78 is 2.47. The number of benzene rings is 2. The molecule has 0 spiro atoms. The van der Waals surface area contributed by atoms with Crippen LogP contribution in [0.1, 0.15) is 91.3 Å². The number of fused-ring (bicyclic) bond motifs is 5. The zero-order valence-corrected chi connectivity index (χ0v) is 25.6. The lowest BCUT2D eigenvalue weighted by Crippen LogP contribution is -2.37. The molecule has 3 heterocycles. The van der Waals surface area contributed by atoms with E-state index in [1.807, 2.05) is 12.1 Å². The minimum absolute atomic E-state index is 0.371. The van der Waals surface area contributed by atoms with E-state index in [2.05, 4.69) is 65.1 Å². The van der Waals surface area contributed by atoms with Gasteiger partial charge in [-0.05, 0) is 87.2 Å². The van der Waals surface area contributed by atoms with Crippen molar-refractivity contribution in [2.24, 2.45) is 5.92 Å². The molecule has 0 bridgehead atoms. The molecule has 2 fully saturated rings. The number of rotatable bonds is 8. The first kappa shape index (κ1) is 28.8. The summed E-state index contributed by atoms with van der Waals surface area (Å²) in [5.74, 6) is 0.379. The molecule has 3 aliphatic rings. The van der Waals surface area contributed by atoms with Crippen LogP contribution in [0.2, 0.25) is 0 Å². The highest BCUT2D eigenvalue weighted by atomic mass is 16.4. The average molecular weight is 566 g/mol. The Kier molecular flexibility index (Phi) is 8.57. The van der Waals surface area contributed by atoms with Crippen LogP contribution in [-0.4, -0.2) is 53.3 Å². The van der Waals surface area contributed by atoms with E-state index < -0.39 is 5.97 Å². The molecule has 3 aromatic rings. The van der Waals surface area contributed by atoms with E-state index >= 15 is 0 Å². The van der Waals surface area contributed by atoms with Crippen LogP contribution in [0.4, 0.5) is 5.69 Å². The van der Waals surface area contributed by atoms with Crippen molar-refractivity contribution in [3.63, 3.8) is 0 Å². The van der Waals surface area contributed by atoms with Gasteiger partial charge in [0.05, 0.1) is 16.9 Å². The first-order chi connectivity index (χ1) is 20.5. The van der Waals surface area contributed by atoms with Gasteiger partial charge in [0.25, 0.3) is 0 Å². The molecule has 6 rings (SSSR count). The number of aromatic nitrogens is 1. The van der Waals surface area contributed by atoms with Crippen molar-refractivity contribution in [2.45, 2.75) is 77.7 Å². The van der Waals surface area contributed by atoms with Gasteiger partial charge in [-0.2, -0.15) is 0 Å². The topological polar surface area (TPSA) is 48.7 Å². The number of hydrogen-bond donors (Lipinski definition) is 1. The van der Waals surface area contributed by atoms with E-state index in [9.17, 15) is 9.90 Å². The number of carboxylic acids is 1. The van der Waals surface area contributed by atoms with Crippen LogP contribution in [0, 0.1) is 12.8 Å². The lowest BCUT2D eigenvalue weighted by molar-refractivity contribution is 0.0697. The summed E-state index contributed by atoms with van der Waals surface area (Å²) in [7, 11) is 0. The van der Waals surface area contributed by atoms with Gasteiger partial charge in [0, 0.05) is 48.2 Å². The monoisotopic (exact) mass is 565 g/mol. The van der Waals surface area contributed by atoms with Gasteiger partial charge < -0.3 is 19.5 Å². The number of aryl methyl sites for hydroxylation is 1. The van der Waals surface area contributed by atoms with Crippen LogP contribution in [0.5, 0.6) is 0 Å². The summed E-state index contributed by atoms with van der Waals surface area (Å²) >= 11 is 0. The van der Waals surface area contributed by atoms with Gasteiger partial charge in [-0.3, -0.25) is 0 Å². The Labute approximate surface area is 251 Å². The first-order valence-electron chi connectivity index (χ1n) is 16.3. The van der Waals surface area contributed by atoms with Crippen molar-refractivity contribution in [3.05, 3.63) is 71.3 Å². The summed E-state index contributed by atoms with van der Waals surface area (Å²) in [5, 5.41) is 11.1. The lowest BCUT2D eigenvalue weighted by Gasteiger charge is -2.34. The normalized spacial score (nSPS) is 20.0. The van der Waals surface area contributed by atoms with Crippen LogP contribution < -0.4 is 4.90 Å². The minimum atomic E-state index is -0.858. The summed E-state index contributed by atoms with van der Waals surface area (Å²) in [4.78, 5) is 17.3. The van der Waals surface area contributed by atoms with Gasteiger partial charge in [-0.1, -0.05) is 69.2 Å². The number of anilines is 1.